The first kappa shape index (κ1) is 22.9. The van der Waals surface area contributed by atoms with E-state index in [0.29, 0.717) is 29.9 Å². The maximum Gasteiger partial charge on any atom is 0.252 e. The highest BCUT2D eigenvalue weighted by atomic mass is 32.2. The molecular formula is C22H22FN3O6S. The molecular weight excluding hydrogens is 453 g/mol. The van der Waals surface area contributed by atoms with E-state index >= 15 is 0 Å². The van der Waals surface area contributed by atoms with Crippen LogP contribution in [0.5, 0.6) is 5.75 Å². The number of morpholine rings is 1. The number of benzene rings is 2. The van der Waals surface area contributed by atoms with E-state index in [0.717, 1.165) is 6.07 Å². The number of pyridine rings is 1. The van der Waals surface area contributed by atoms with Gasteiger partial charge in [0, 0.05) is 36.1 Å². The van der Waals surface area contributed by atoms with Crippen LogP contribution in [0.3, 0.4) is 0 Å². The minimum atomic E-state index is -3.78. The molecule has 11 heteroatoms. The minimum absolute atomic E-state index is 0.0208. The summed E-state index contributed by atoms with van der Waals surface area (Å²) in [6.07, 6.45) is 0. The highest BCUT2D eigenvalue weighted by Gasteiger charge is 2.27. The van der Waals surface area contributed by atoms with Gasteiger partial charge in [-0.3, -0.25) is 9.59 Å². The predicted octanol–water partition coefficient (Wildman–Crippen LogP) is 1.50. The number of H-pyrrole nitrogens is 1. The van der Waals surface area contributed by atoms with E-state index in [9.17, 15) is 22.4 Å². The number of sulfonamides is 1. The number of aromatic amines is 1. The molecule has 1 amide bonds. The van der Waals surface area contributed by atoms with Crippen molar-refractivity contribution in [3.05, 3.63) is 70.3 Å². The zero-order chi connectivity index (χ0) is 23.4. The summed E-state index contributed by atoms with van der Waals surface area (Å²) >= 11 is 0. The van der Waals surface area contributed by atoms with Gasteiger partial charge in [0.15, 0.2) is 0 Å². The first-order valence-electron chi connectivity index (χ1n) is 10.3. The van der Waals surface area contributed by atoms with E-state index in [2.05, 4.69) is 10.3 Å². The third-order valence-electron chi connectivity index (χ3n) is 5.12. The normalized spacial score (nSPS) is 14.8. The number of nitrogens with one attached hydrogen (secondary N) is 2. The molecule has 4 rings (SSSR count). The van der Waals surface area contributed by atoms with Crippen molar-refractivity contribution in [2.24, 2.45) is 0 Å². The second kappa shape index (κ2) is 9.69. The van der Waals surface area contributed by atoms with E-state index in [4.69, 9.17) is 9.47 Å². The summed E-state index contributed by atoms with van der Waals surface area (Å²) in [6.45, 7) is 1.27. The molecule has 0 radical (unpaired) electrons. The van der Waals surface area contributed by atoms with Gasteiger partial charge < -0.3 is 19.8 Å². The van der Waals surface area contributed by atoms with Crippen molar-refractivity contribution < 1.29 is 27.1 Å². The van der Waals surface area contributed by atoms with E-state index in [1.807, 2.05) is 0 Å². The van der Waals surface area contributed by atoms with Gasteiger partial charge in [0.05, 0.1) is 30.2 Å². The number of ether oxygens (including phenoxy) is 2. The van der Waals surface area contributed by atoms with Crippen molar-refractivity contribution in [1.82, 2.24) is 14.6 Å². The van der Waals surface area contributed by atoms with E-state index in [1.165, 1.54) is 40.7 Å². The third-order valence-corrected chi connectivity index (χ3v) is 7.01. The van der Waals surface area contributed by atoms with Crippen LogP contribution in [0.4, 0.5) is 4.39 Å². The second-order valence-corrected chi connectivity index (χ2v) is 9.27. The van der Waals surface area contributed by atoms with Crippen LogP contribution in [0.2, 0.25) is 0 Å². The Bertz CT molecular complexity index is 1340. The molecule has 0 spiro atoms. The first-order chi connectivity index (χ1) is 15.8. The lowest BCUT2D eigenvalue weighted by Crippen LogP contribution is -2.40. The number of halogens is 1. The Morgan fingerprint density at radius 2 is 1.94 bits per heavy atom. The molecule has 9 nitrogen and oxygen atoms in total. The summed E-state index contributed by atoms with van der Waals surface area (Å²) in [5.41, 5.74) is -0.115. The van der Waals surface area contributed by atoms with Crippen molar-refractivity contribution in [3.63, 3.8) is 0 Å². The predicted molar refractivity (Wildman–Crippen MR) is 118 cm³/mol. The lowest BCUT2D eigenvalue weighted by atomic mass is 10.1. The Morgan fingerprint density at radius 3 is 2.70 bits per heavy atom. The number of hydrogen-bond donors (Lipinski definition) is 2. The molecule has 1 aliphatic heterocycles. The molecule has 2 N–H and O–H groups in total. The Labute approximate surface area is 189 Å². The molecule has 3 aromatic rings. The van der Waals surface area contributed by atoms with Crippen molar-refractivity contribution in [1.29, 1.82) is 0 Å². The van der Waals surface area contributed by atoms with Crippen molar-refractivity contribution in [3.8, 4) is 5.75 Å². The Balaban J connectivity index is 1.54. The van der Waals surface area contributed by atoms with Crippen LogP contribution in [-0.2, 0) is 14.8 Å². The highest BCUT2D eigenvalue weighted by molar-refractivity contribution is 7.89. The fourth-order valence-electron chi connectivity index (χ4n) is 3.50. The van der Waals surface area contributed by atoms with Crippen LogP contribution < -0.4 is 15.6 Å². The minimum Gasteiger partial charge on any atom is -0.492 e. The molecule has 1 fully saturated rings. The van der Waals surface area contributed by atoms with Gasteiger partial charge >= 0.3 is 0 Å². The average Bonchev–Trinajstić information content (AvgIpc) is 2.81. The molecule has 1 saturated heterocycles. The number of nitrogens with zero attached hydrogens (tertiary/aromatic N) is 1. The van der Waals surface area contributed by atoms with Crippen molar-refractivity contribution in [2.45, 2.75) is 4.90 Å². The monoisotopic (exact) mass is 475 g/mol. The fraction of sp³-hybridized carbons (Fsp3) is 0.273. The number of rotatable bonds is 7. The molecule has 1 aromatic heterocycles. The van der Waals surface area contributed by atoms with Crippen LogP contribution >= 0.6 is 0 Å². The highest BCUT2D eigenvalue weighted by Crippen LogP contribution is 2.23. The lowest BCUT2D eigenvalue weighted by Gasteiger charge is -2.26. The molecule has 1 aliphatic rings. The quantitative estimate of drug-likeness (QED) is 0.500. The second-order valence-electron chi connectivity index (χ2n) is 7.33. The number of carbonyl (C=O) groups excluding carboxylic acids is 1. The molecule has 0 saturated carbocycles. The Kier molecular flexibility index (Phi) is 6.72. The van der Waals surface area contributed by atoms with Crippen LogP contribution in [-0.4, -0.2) is 63.1 Å². The smallest absolute Gasteiger partial charge is 0.252 e. The summed E-state index contributed by atoms with van der Waals surface area (Å²) in [5.74, 6) is -0.673. The number of amides is 1. The molecule has 0 unspecified atom stereocenters. The van der Waals surface area contributed by atoms with Gasteiger partial charge in [0.25, 0.3) is 5.91 Å². The van der Waals surface area contributed by atoms with Gasteiger partial charge in [-0.05, 0) is 30.3 Å². The SMILES string of the molecule is O=C(NCCOc1cccc(F)c1)c1cc(=O)[nH]c2ccc(S(=O)(=O)N3CCOCC3)cc12. The van der Waals surface area contributed by atoms with Crippen LogP contribution in [0.1, 0.15) is 10.4 Å². The van der Waals surface area contributed by atoms with Gasteiger partial charge in [-0.15, -0.1) is 0 Å². The Morgan fingerprint density at radius 1 is 1.15 bits per heavy atom. The van der Waals surface area contributed by atoms with Gasteiger partial charge in [-0.25, -0.2) is 12.8 Å². The maximum atomic E-state index is 13.2. The van der Waals surface area contributed by atoms with Gasteiger partial charge in [-0.2, -0.15) is 4.31 Å². The molecule has 174 valence electrons. The van der Waals surface area contributed by atoms with Crippen LogP contribution in [0.25, 0.3) is 10.9 Å². The number of aromatic nitrogens is 1. The summed E-state index contributed by atoms with van der Waals surface area (Å²) in [4.78, 5) is 27.5. The standard InChI is InChI=1S/C22H22FN3O6S/c23-15-2-1-3-16(12-15)32-9-6-24-22(28)19-14-21(27)25-20-5-4-17(13-18(19)20)33(29,30)26-7-10-31-11-8-26/h1-5,12-14H,6-11H2,(H,24,28)(H,25,27). The molecule has 2 aromatic carbocycles. The van der Waals surface area contributed by atoms with E-state index in [1.54, 1.807) is 6.07 Å². The lowest BCUT2D eigenvalue weighted by molar-refractivity contribution is 0.0730. The van der Waals surface area contributed by atoms with Crippen LogP contribution in [0.15, 0.2) is 58.2 Å². The molecule has 0 bridgehead atoms. The zero-order valence-electron chi connectivity index (χ0n) is 17.5. The van der Waals surface area contributed by atoms with E-state index in [-0.39, 0.29) is 36.7 Å². The van der Waals surface area contributed by atoms with Gasteiger partial charge in [-0.1, -0.05) is 6.07 Å². The van der Waals surface area contributed by atoms with Crippen molar-refractivity contribution in [2.75, 3.05) is 39.5 Å². The number of carbonyl (C=O) groups is 1. The van der Waals surface area contributed by atoms with E-state index < -0.39 is 27.3 Å². The molecule has 0 aliphatic carbocycles. The maximum absolute atomic E-state index is 13.2. The number of hydrogen-bond acceptors (Lipinski definition) is 6. The number of fused-ring (bicyclic) bond motifs is 1. The van der Waals surface area contributed by atoms with Gasteiger partial charge in [0.1, 0.15) is 18.2 Å². The largest absolute Gasteiger partial charge is 0.492 e. The van der Waals surface area contributed by atoms with Crippen LogP contribution in [0, 0.1) is 5.82 Å². The molecule has 0 atom stereocenters. The average molecular weight is 475 g/mol. The Hall–Kier alpha value is -3.28. The summed E-state index contributed by atoms with van der Waals surface area (Å²) in [6, 6.07) is 11.0. The molecule has 33 heavy (non-hydrogen) atoms. The fourth-order valence-corrected chi connectivity index (χ4v) is 4.94. The summed E-state index contributed by atoms with van der Waals surface area (Å²) < 4.78 is 51.2. The third kappa shape index (κ3) is 5.21. The molecule has 2 heterocycles. The van der Waals surface area contributed by atoms with Gasteiger partial charge in [0.2, 0.25) is 15.6 Å². The first-order valence-corrected chi connectivity index (χ1v) is 11.7. The topological polar surface area (TPSA) is 118 Å². The summed E-state index contributed by atoms with van der Waals surface area (Å²) in [7, 11) is -3.78. The summed E-state index contributed by atoms with van der Waals surface area (Å²) in [5, 5.41) is 2.94. The van der Waals surface area contributed by atoms with Crippen molar-refractivity contribution >= 4 is 26.8 Å². The zero-order valence-corrected chi connectivity index (χ0v) is 18.4.